The van der Waals surface area contributed by atoms with Gasteiger partial charge in [0.15, 0.2) is 0 Å². The lowest BCUT2D eigenvalue weighted by Gasteiger charge is -2.16. The van der Waals surface area contributed by atoms with Gasteiger partial charge in [0.1, 0.15) is 6.54 Å². The molecule has 0 spiro atoms. The molecule has 1 aromatic carbocycles. The van der Waals surface area contributed by atoms with E-state index in [1.165, 1.54) is 16.7 Å². The predicted molar refractivity (Wildman–Crippen MR) is 81.3 cm³/mol. The first-order valence-corrected chi connectivity index (χ1v) is 7.68. The van der Waals surface area contributed by atoms with E-state index < -0.39 is 23.7 Å². The minimum absolute atomic E-state index is 0.155. The van der Waals surface area contributed by atoms with Gasteiger partial charge < -0.3 is 5.32 Å². The third-order valence-corrected chi connectivity index (χ3v) is 4.25. The van der Waals surface area contributed by atoms with E-state index in [-0.39, 0.29) is 11.4 Å². The van der Waals surface area contributed by atoms with Gasteiger partial charge in [-0.3, -0.25) is 14.2 Å². The number of carbonyl (C=O) groups excluding carboxylic acids is 1. The summed E-state index contributed by atoms with van der Waals surface area (Å²) in [6.07, 6.45) is -4.43. The number of amides is 1. The summed E-state index contributed by atoms with van der Waals surface area (Å²) in [5.74, 6) is -0.432. The molecule has 1 atom stereocenters. The van der Waals surface area contributed by atoms with Gasteiger partial charge in [0, 0.05) is 11.1 Å². The molecule has 0 radical (unpaired) electrons. The van der Waals surface area contributed by atoms with Crippen molar-refractivity contribution in [3.63, 3.8) is 0 Å². The van der Waals surface area contributed by atoms with Gasteiger partial charge in [0.05, 0.1) is 11.6 Å². The molecular formula is C15H15F3N2O2S. The van der Waals surface area contributed by atoms with E-state index in [4.69, 9.17) is 0 Å². The Morgan fingerprint density at radius 1 is 1.39 bits per heavy atom. The molecule has 2 rings (SSSR count). The molecule has 1 aromatic heterocycles. The average Bonchev–Trinajstić information content (AvgIpc) is 2.78. The molecule has 0 saturated heterocycles. The molecule has 23 heavy (non-hydrogen) atoms. The first-order valence-electron chi connectivity index (χ1n) is 6.80. The van der Waals surface area contributed by atoms with Gasteiger partial charge >= 0.3 is 11.0 Å². The minimum atomic E-state index is -4.43. The maximum atomic E-state index is 12.7. The molecule has 1 amide bonds. The summed E-state index contributed by atoms with van der Waals surface area (Å²) in [5.41, 5.74) is 0.255. The van der Waals surface area contributed by atoms with Crippen LogP contribution in [0.1, 0.15) is 29.8 Å². The SMILES string of the molecule is Cc1csc(=O)n1CC(=O)NC(C)c1cccc(C(F)(F)F)c1. The van der Waals surface area contributed by atoms with E-state index in [1.807, 2.05) is 0 Å². The van der Waals surface area contributed by atoms with Crippen LogP contribution in [0.25, 0.3) is 0 Å². The second-order valence-electron chi connectivity index (χ2n) is 5.14. The Morgan fingerprint density at radius 3 is 2.65 bits per heavy atom. The molecule has 8 heteroatoms. The van der Waals surface area contributed by atoms with Crippen LogP contribution >= 0.6 is 11.3 Å². The number of rotatable bonds is 4. The van der Waals surface area contributed by atoms with E-state index in [0.29, 0.717) is 11.3 Å². The van der Waals surface area contributed by atoms with E-state index in [2.05, 4.69) is 5.32 Å². The summed E-state index contributed by atoms with van der Waals surface area (Å²) < 4.78 is 39.4. The number of hydrogen-bond acceptors (Lipinski definition) is 3. The van der Waals surface area contributed by atoms with Crippen LogP contribution in [0, 0.1) is 6.92 Å². The number of carbonyl (C=O) groups is 1. The molecule has 4 nitrogen and oxygen atoms in total. The Bertz CT molecular complexity index is 765. The van der Waals surface area contributed by atoms with Gasteiger partial charge in [-0.1, -0.05) is 23.5 Å². The minimum Gasteiger partial charge on any atom is -0.348 e. The Hall–Kier alpha value is -2.09. The lowest BCUT2D eigenvalue weighted by atomic mass is 10.0. The first kappa shape index (κ1) is 17.3. The highest BCUT2D eigenvalue weighted by Crippen LogP contribution is 2.30. The van der Waals surface area contributed by atoms with E-state index in [1.54, 1.807) is 19.2 Å². The van der Waals surface area contributed by atoms with Gasteiger partial charge in [-0.25, -0.2) is 0 Å². The number of thiazole rings is 1. The Kier molecular flexibility index (Phi) is 4.93. The highest BCUT2D eigenvalue weighted by Gasteiger charge is 2.30. The monoisotopic (exact) mass is 344 g/mol. The van der Waals surface area contributed by atoms with Crippen molar-refractivity contribution in [2.75, 3.05) is 0 Å². The molecular weight excluding hydrogens is 329 g/mol. The maximum absolute atomic E-state index is 12.7. The lowest BCUT2D eigenvalue weighted by Crippen LogP contribution is -2.33. The number of nitrogens with zero attached hydrogens (tertiary/aromatic N) is 1. The number of halogens is 3. The molecule has 0 aliphatic carbocycles. The van der Waals surface area contributed by atoms with Crippen LogP contribution in [0.2, 0.25) is 0 Å². The third-order valence-electron chi connectivity index (χ3n) is 3.37. The van der Waals surface area contributed by atoms with Crippen LogP contribution in [-0.4, -0.2) is 10.5 Å². The fourth-order valence-corrected chi connectivity index (χ4v) is 2.83. The van der Waals surface area contributed by atoms with Crippen molar-refractivity contribution in [1.82, 2.24) is 9.88 Å². The number of aromatic nitrogens is 1. The van der Waals surface area contributed by atoms with Crippen LogP contribution in [0.4, 0.5) is 13.2 Å². The molecule has 1 heterocycles. The zero-order valence-electron chi connectivity index (χ0n) is 12.5. The Labute approximate surface area is 134 Å². The van der Waals surface area contributed by atoms with Gasteiger partial charge in [-0.15, -0.1) is 0 Å². The normalized spacial score (nSPS) is 12.9. The maximum Gasteiger partial charge on any atom is 0.416 e. The van der Waals surface area contributed by atoms with Crippen molar-refractivity contribution in [1.29, 1.82) is 0 Å². The van der Waals surface area contributed by atoms with Crippen LogP contribution < -0.4 is 10.2 Å². The standard InChI is InChI=1S/C15H15F3N2O2S/c1-9-8-23-14(22)20(9)7-13(21)19-10(2)11-4-3-5-12(6-11)15(16,17)18/h3-6,8,10H,7H2,1-2H3,(H,19,21). The van der Waals surface area contributed by atoms with Crippen molar-refractivity contribution in [3.05, 3.63) is 56.1 Å². The van der Waals surface area contributed by atoms with Crippen molar-refractivity contribution in [3.8, 4) is 0 Å². The zero-order chi connectivity index (χ0) is 17.2. The molecule has 2 aromatic rings. The number of hydrogen-bond donors (Lipinski definition) is 1. The van der Waals surface area contributed by atoms with Crippen molar-refractivity contribution < 1.29 is 18.0 Å². The Balaban J connectivity index is 2.08. The number of nitrogens with one attached hydrogen (secondary N) is 1. The molecule has 0 saturated carbocycles. The van der Waals surface area contributed by atoms with E-state index >= 15 is 0 Å². The summed E-state index contributed by atoms with van der Waals surface area (Å²) in [7, 11) is 0. The van der Waals surface area contributed by atoms with Crippen LogP contribution in [0.5, 0.6) is 0 Å². The lowest BCUT2D eigenvalue weighted by molar-refractivity contribution is -0.137. The molecule has 1 N–H and O–H groups in total. The number of aryl methyl sites for hydroxylation is 1. The summed E-state index contributed by atoms with van der Waals surface area (Å²) in [6, 6.07) is 4.20. The first-order chi connectivity index (χ1) is 10.7. The smallest absolute Gasteiger partial charge is 0.348 e. The van der Waals surface area contributed by atoms with Gasteiger partial charge in [0.2, 0.25) is 5.91 Å². The third kappa shape index (κ3) is 4.22. The van der Waals surface area contributed by atoms with E-state index in [9.17, 15) is 22.8 Å². The van der Waals surface area contributed by atoms with Crippen molar-refractivity contribution >= 4 is 17.2 Å². The van der Waals surface area contributed by atoms with Gasteiger partial charge in [-0.2, -0.15) is 13.2 Å². The van der Waals surface area contributed by atoms with Crippen LogP contribution in [0.15, 0.2) is 34.4 Å². The average molecular weight is 344 g/mol. The molecule has 0 aliphatic heterocycles. The van der Waals surface area contributed by atoms with Gasteiger partial charge in [0.25, 0.3) is 0 Å². The summed E-state index contributed by atoms with van der Waals surface area (Å²) >= 11 is 0.995. The van der Waals surface area contributed by atoms with Crippen LogP contribution in [0.3, 0.4) is 0 Å². The number of alkyl halides is 3. The van der Waals surface area contributed by atoms with Crippen LogP contribution in [-0.2, 0) is 17.5 Å². The molecule has 0 fully saturated rings. The quantitative estimate of drug-likeness (QED) is 0.926. The van der Waals surface area contributed by atoms with Gasteiger partial charge in [-0.05, 0) is 31.5 Å². The zero-order valence-corrected chi connectivity index (χ0v) is 13.3. The predicted octanol–water partition coefficient (Wildman–Crippen LogP) is 3.11. The molecule has 124 valence electrons. The summed E-state index contributed by atoms with van der Waals surface area (Å²) in [6.45, 7) is 3.15. The fraction of sp³-hybridized carbons (Fsp3) is 0.333. The highest BCUT2D eigenvalue weighted by molar-refractivity contribution is 7.07. The Morgan fingerprint density at radius 2 is 2.09 bits per heavy atom. The molecule has 0 aliphatic rings. The molecule has 0 bridgehead atoms. The largest absolute Gasteiger partial charge is 0.416 e. The van der Waals surface area contributed by atoms with E-state index in [0.717, 1.165) is 23.5 Å². The number of benzene rings is 1. The summed E-state index contributed by atoms with van der Waals surface area (Å²) in [5, 5.41) is 4.25. The molecule has 1 unspecified atom stereocenters. The second-order valence-corrected chi connectivity index (χ2v) is 5.96. The second kappa shape index (κ2) is 6.57. The topological polar surface area (TPSA) is 51.1 Å². The highest BCUT2D eigenvalue weighted by atomic mass is 32.1. The summed E-state index contributed by atoms with van der Waals surface area (Å²) in [4.78, 5) is 23.3. The van der Waals surface area contributed by atoms with Crippen molar-refractivity contribution in [2.24, 2.45) is 0 Å². The van der Waals surface area contributed by atoms with Crippen molar-refractivity contribution in [2.45, 2.75) is 32.6 Å². The fourth-order valence-electron chi connectivity index (χ4n) is 2.09.